The van der Waals surface area contributed by atoms with E-state index in [1.807, 2.05) is 35.2 Å². The van der Waals surface area contributed by atoms with Gasteiger partial charge in [0.25, 0.3) is 5.91 Å². The zero-order valence-corrected chi connectivity index (χ0v) is 15.3. The van der Waals surface area contributed by atoms with Crippen LogP contribution in [0.2, 0.25) is 0 Å². The van der Waals surface area contributed by atoms with E-state index in [9.17, 15) is 14.4 Å². The topological polar surface area (TPSA) is 112 Å². The number of nitrogens with one attached hydrogen (secondary N) is 2. The quantitative estimate of drug-likeness (QED) is 0.700. The molecule has 0 radical (unpaired) electrons. The first-order valence-corrected chi connectivity index (χ1v) is 9.10. The van der Waals surface area contributed by atoms with Crippen LogP contribution in [0.25, 0.3) is 0 Å². The summed E-state index contributed by atoms with van der Waals surface area (Å²) in [6.45, 7) is 1.68. The molecular weight excluding hydrogens is 360 g/mol. The van der Waals surface area contributed by atoms with Crippen molar-refractivity contribution in [3.05, 3.63) is 59.9 Å². The van der Waals surface area contributed by atoms with Gasteiger partial charge in [0.2, 0.25) is 5.91 Å². The number of hydrogen-bond donors (Lipinski definition) is 3. The highest BCUT2D eigenvalue weighted by atomic mass is 16.4. The van der Waals surface area contributed by atoms with Crippen LogP contribution in [-0.2, 0) is 4.79 Å². The third-order valence-electron chi connectivity index (χ3n) is 4.55. The number of likely N-dealkylation sites (tertiary alicyclic amines) is 1. The maximum atomic E-state index is 12.3. The third-order valence-corrected chi connectivity index (χ3v) is 4.55. The highest BCUT2D eigenvalue weighted by Crippen LogP contribution is 2.12. The summed E-state index contributed by atoms with van der Waals surface area (Å²) in [5.41, 5.74) is 0.696. The molecule has 2 aromatic rings. The molecule has 0 bridgehead atoms. The van der Waals surface area contributed by atoms with Crippen LogP contribution >= 0.6 is 0 Å². The van der Waals surface area contributed by atoms with Crippen molar-refractivity contribution in [2.24, 2.45) is 0 Å². The number of carboxylic acids is 1. The number of aromatic nitrogens is 1. The molecule has 0 spiro atoms. The van der Waals surface area contributed by atoms with Gasteiger partial charge in [-0.3, -0.25) is 14.5 Å². The van der Waals surface area contributed by atoms with Crippen molar-refractivity contribution in [1.29, 1.82) is 0 Å². The largest absolute Gasteiger partial charge is 0.477 e. The molecular formula is C20H22N4O4. The fraction of sp³-hybridized carbons (Fsp3) is 0.300. The van der Waals surface area contributed by atoms with E-state index >= 15 is 0 Å². The van der Waals surface area contributed by atoms with Gasteiger partial charge in [0, 0.05) is 24.8 Å². The molecule has 1 aromatic heterocycles. The molecule has 2 amide bonds. The lowest BCUT2D eigenvalue weighted by Gasteiger charge is -2.31. The predicted octanol–water partition coefficient (Wildman–Crippen LogP) is 1.61. The average molecular weight is 382 g/mol. The van der Waals surface area contributed by atoms with E-state index in [1.165, 1.54) is 18.2 Å². The smallest absolute Gasteiger partial charge is 0.354 e. The monoisotopic (exact) mass is 382 g/mol. The lowest BCUT2D eigenvalue weighted by Crippen LogP contribution is -2.46. The minimum Gasteiger partial charge on any atom is -0.477 e. The average Bonchev–Trinajstić information content (AvgIpc) is 2.70. The number of aromatic carboxylic acids is 1. The summed E-state index contributed by atoms with van der Waals surface area (Å²) in [5.74, 6) is -1.62. The van der Waals surface area contributed by atoms with Crippen molar-refractivity contribution >= 4 is 23.5 Å². The van der Waals surface area contributed by atoms with E-state index < -0.39 is 5.97 Å². The minimum atomic E-state index is -1.17. The molecule has 3 N–H and O–H groups in total. The fourth-order valence-electron chi connectivity index (χ4n) is 3.10. The summed E-state index contributed by atoms with van der Waals surface area (Å²) in [6.07, 6.45) is 1.42. The highest BCUT2D eigenvalue weighted by molar-refractivity contribution is 5.94. The summed E-state index contributed by atoms with van der Waals surface area (Å²) in [4.78, 5) is 41.3. The van der Waals surface area contributed by atoms with Crippen LogP contribution in [-0.4, -0.2) is 58.5 Å². The number of carbonyl (C=O) groups excluding carboxylic acids is 2. The van der Waals surface area contributed by atoms with Gasteiger partial charge >= 0.3 is 5.97 Å². The van der Waals surface area contributed by atoms with Gasteiger partial charge in [0.15, 0.2) is 0 Å². The Labute approximate surface area is 162 Å². The molecule has 1 fully saturated rings. The molecule has 1 aromatic carbocycles. The lowest BCUT2D eigenvalue weighted by atomic mass is 10.0. The Kier molecular flexibility index (Phi) is 6.33. The van der Waals surface area contributed by atoms with Crippen LogP contribution in [0.5, 0.6) is 0 Å². The highest BCUT2D eigenvalue weighted by Gasteiger charge is 2.23. The molecule has 8 heteroatoms. The Balaban J connectivity index is 1.45. The number of carboxylic acid groups (broad SMARTS) is 1. The fourth-order valence-corrected chi connectivity index (χ4v) is 3.10. The van der Waals surface area contributed by atoms with E-state index in [4.69, 9.17) is 5.11 Å². The molecule has 146 valence electrons. The van der Waals surface area contributed by atoms with Crippen LogP contribution in [0.15, 0.2) is 48.5 Å². The Hall–Kier alpha value is -3.26. The van der Waals surface area contributed by atoms with E-state index in [-0.39, 0.29) is 29.2 Å². The van der Waals surface area contributed by atoms with Crippen LogP contribution in [0.4, 0.5) is 5.69 Å². The van der Waals surface area contributed by atoms with Gasteiger partial charge in [-0.1, -0.05) is 24.3 Å². The predicted molar refractivity (Wildman–Crippen MR) is 103 cm³/mol. The summed E-state index contributed by atoms with van der Waals surface area (Å²) in [7, 11) is 0. The number of piperidine rings is 1. The second-order valence-electron chi connectivity index (χ2n) is 6.65. The number of benzene rings is 1. The second kappa shape index (κ2) is 9.09. The molecule has 0 atom stereocenters. The Morgan fingerprint density at radius 1 is 1.00 bits per heavy atom. The van der Waals surface area contributed by atoms with Gasteiger partial charge in [-0.25, -0.2) is 9.78 Å². The summed E-state index contributed by atoms with van der Waals surface area (Å²) < 4.78 is 0. The number of pyridine rings is 1. The number of amides is 2. The molecule has 0 unspecified atom stereocenters. The van der Waals surface area contributed by atoms with Crippen molar-refractivity contribution in [2.75, 3.05) is 25.0 Å². The third kappa shape index (κ3) is 5.37. The normalized spacial score (nSPS) is 15.0. The molecule has 0 saturated carbocycles. The molecule has 8 nitrogen and oxygen atoms in total. The van der Waals surface area contributed by atoms with Crippen LogP contribution in [0.1, 0.15) is 33.8 Å². The molecule has 1 aliphatic rings. The zero-order valence-electron chi connectivity index (χ0n) is 15.3. The maximum Gasteiger partial charge on any atom is 0.354 e. The van der Waals surface area contributed by atoms with Crippen molar-refractivity contribution in [3.63, 3.8) is 0 Å². The van der Waals surface area contributed by atoms with E-state index in [2.05, 4.69) is 15.6 Å². The van der Waals surface area contributed by atoms with Crippen LogP contribution in [0.3, 0.4) is 0 Å². The number of anilines is 1. The minimum absolute atomic E-state index is 0.0313. The van der Waals surface area contributed by atoms with Gasteiger partial charge in [-0.15, -0.1) is 0 Å². The number of nitrogens with zero attached hydrogens (tertiary/aromatic N) is 2. The molecule has 1 saturated heterocycles. The molecule has 2 heterocycles. The Morgan fingerprint density at radius 3 is 2.36 bits per heavy atom. The summed E-state index contributed by atoms with van der Waals surface area (Å²) >= 11 is 0. The van der Waals surface area contributed by atoms with E-state index in [0.29, 0.717) is 32.5 Å². The zero-order chi connectivity index (χ0) is 19.9. The van der Waals surface area contributed by atoms with Crippen molar-refractivity contribution in [2.45, 2.75) is 18.9 Å². The van der Waals surface area contributed by atoms with Gasteiger partial charge < -0.3 is 15.7 Å². The second-order valence-corrected chi connectivity index (χ2v) is 6.65. The summed E-state index contributed by atoms with van der Waals surface area (Å²) in [6, 6.07) is 13.6. The number of carbonyl (C=O) groups is 3. The van der Waals surface area contributed by atoms with Crippen LogP contribution < -0.4 is 10.6 Å². The van der Waals surface area contributed by atoms with Crippen molar-refractivity contribution in [3.8, 4) is 0 Å². The van der Waals surface area contributed by atoms with Gasteiger partial charge in [-0.05, 0) is 37.1 Å². The molecule has 3 rings (SSSR count). The number of rotatable bonds is 6. The lowest BCUT2D eigenvalue weighted by molar-refractivity contribution is -0.117. The standard InChI is InChI=1S/C20H22N4O4/c25-18(21-14-5-2-1-3-6-14)13-24-11-9-15(10-12-24)22-19(26)16-7-4-8-17(23-16)20(27)28/h1-8,15H,9-13H2,(H,21,25)(H,22,26)(H,27,28). The maximum absolute atomic E-state index is 12.3. The Bertz CT molecular complexity index is 848. The van der Waals surface area contributed by atoms with E-state index in [1.54, 1.807) is 0 Å². The molecule has 28 heavy (non-hydrogen) atoms. The van der Waals surface area contributed by atoms with E-state index in [0.717, 1.165) is 5.69 Å². The number of hydrogen-bond acceptors (Lipinski definition) is 5. The SMILES string of the molecule is O=C(CN1CCC(NC(=O)c2cccc(C(=O)O)n2)CC1)Nc1ccccc1. The van der Waals surface area contributed by atoms with Gasteiger partial charge in [-0.2, -0.15) is 0 Å². The molecule has 1 aliphatic heterocycles. The van der Waals surface area contributed by atoms with Crippen LogP contribution in [0, 0.1) is 0 Å². The first-order valence-electron chi connectivity index (χ1n) is 9.10. The Morgan fingerprint density at radius 2 is 1.68 bits per heavy atom. The molecule has 0 aliphatic carbocycles. The van der Waals surface area contributed by atoms with Crippen molar-refractivity contribution < 1.29 is 19.5 Å². The number of para-hydroxylation sites is 1. The van der Waals surface area contributed by atoms with Gasteiger partial charge in [0.05, 0.1) is 6.54 Å². The first kappa shape index (κ1) is 19.5. The summed E-state index contributed by atoms with van der Waals surface area (Å²) in [5, 5.41) is 14.7. The van der Waals surface area contributed by atoms with Gasteiger partial charge in [0.1, 0.15) is 11.4 Å². The van der Waals surface area contributed by atoms with Crippen molar-refractivity contribution in [1.82, 2.24) is 15.2 Å². The first-order chi connectivity index (χ1) is 13.5.